The molecule has 13 heteroatoms. The molecule has 0 saturated carbocycles. The molecule has 4 rings (SSSR count). The Hall–Kier alpha value is -3.60. The van der Waals surface area contributed by atoms with E-state index < -0.39 is 33.1 Å². The zero-order chi connectivity index (χ0) is 28.4. The van der Waals surface area contributed by atoms with Crippen molar-refractivity contribution in [2.75, 3.05) is 43.9 Å². The largest absolute Gasteiger partial charge is 0.421 e. The van der Waals surface area contributed by atoms with Gasteiger partial charge in [-0.2, -0.15) is 18.2 Å². The van der Waals surface area contributed by atoms with Gasteiger partial charge in [-0.05, 0) is 69.6 Å². The van der Waals surface area contributed by atoms with E-state index in [0.717, 1.165) is 31.9 Å². The van der Waals surface area contributed by atoms with Crippen molar-refractivity contribution < 1.29 is 21.6 Å². The summed E-state index contributed by atoms with van der Waals surface area (Å²) in [6, 6.07) is 5.48. The van der Waals surface area contributed by atoms with Crippen LogP contribution in [0.25, 0.3) is 0 Å². The van der Waals surface area contributed by atoms with Gasteiger partial charge in [-0.3, -0.25) is 0 Å². The normalized spacial score (nSPS) is 16.6. The molecule has 1 saturated heterocycles. The van der Waals surface area contributed by atoms with Crippen molar-refractivity contribution in [2.24, 2.45) is 0 Å². The molecule has 0 amide bonds. The number of aromatic nitrogens is 2. The topological polar surface area (TPSA) is 102 Å². The fourth-order valence-corrected chi connectivity index (χ4v) is 5.35. The lowest BCUT2D eigenvalue weighted by molar-refractivity contribution is -0.137. The number of nitrogens with one attached hydrogen (secondary N) is 3. The second-order valence-electron chi connectivity index (χ2n) is 10.3. The molecule has 0 atom stereocenters. The molecule has 2 aliphatic rings. The summed E-state index contributed by atoms with van der Waals surface area (Å²) in [6.45, 7) is 8.65. The summed E-state index contributed by atoms with van der Waals surface area (Å²) in [4.78, 5) is 12.2. The first-order valence-corrected chi connectivity index (χ1v) is 13.7. The van der Waals surface area contributed by atoms with Crippen molar-refractivity contribution >= 4 is 27.5 Å². The molecule has 0 bridgehead atoms. The van der Waals surface area contributed by atoms with Gasteiger partial charge in [0.15, 0.2) is 0 Å². The number of piperazine rings is 1. The maximum Gasteiger partial charge on any atom is 0.421 e. The third kappa shape index (κ3) is 7.50. The Bertz CT molecular complexity index is 1480. The molecule has 39 heavy (non-hydrogen) atoms. The number of nitrogens with zero attached hydrogens (tertiary/aromatic N) is 4. The van der Waals surface area contributed by atoms with Gasteiger partial charge in [0.2, 0.25) is 16.0 Å². The SMILES string of the molecule is CN1CCN(C2=C=C=C(Nc3ncc(C(F)(F)F)c(Nc4cccc(S(=O)(=O)NC(C)(C)C)c4)n3)C=C2)CC1. The van der Waals surface area contributed by atoms with Gasteiger partial charge in [0.05, 0.1) is 16.3 Å². The lowest BCUT2D eigenvalue weighted by atomic mass is 10.1. The van der Waals surface area contributed by atoms with Gasteiger partial charge in [0.25, 0.3) is 0 Å². The van der Waals surface area contributed by atoms with Crippen LogP contribution in [0.1, 0.15) is 26.3 Å². The van der Waals surface area contributed by atoms with Gasteiger partial charge < -0.3 is 20.4 Å². The highest BCUT2D eigenvalue weighted by molar-refractivity contribution is 7.89. The van der Waals surface area contributed by atoms with Crippen LogP contribution in [-0.4, -0.2) is 67.0 Å². The number of anilines is 3. The summed E-state index contributed by atoms with van der Waals surface area (Å²) < 4.78 is 69.2. The van der Waals surface area contributed by atoms with Crippen LogP contribution in [-0.2, 0) is 16.2 Å². The van der Waals surface area contributed by atoms with Crippen LogP contribution in [0.5, 0.6) is 0 Å². The summed E-state index contributed by atoms with van der Waals surface area (Å²) in [7, 11) is -1.84. The van der Waals surface area contributed by atoms with Crippen molar-refractivity contribution in [2.45, 2.75) is 37.4 Å². The smallest absolute Gasteiger partial charge is 0.362 e. The first-order chi connectivity index (χ1) is 18.2. The van der Waals surface area contributed by atoms with Crippen molar-refractivity contribution in [3.05, 3.63) is 71.0 Å². The van der Waals surface area contributed by atoms with Gasteiger partial charge >= 0.3 is 6.18 Å². The van der Waals surface area contributed by atoms with E-state index in [9.17, 15) is 21.6 Å². The Balaban J connectivity index is 1.60. The number of rotatable bonds is 7. The Labute approximate surface area is 225 Å². The number of hydrogen-bond acceptors (Lipinski definition) is 8. The number of halogens is 3. The molecule has 1 aliphatic heterocycles. The summed E-state index contributed by atoms with van der Waals surface area (Å²) in [6.07, 6.45) is -0.496. The Kier molecular flexibility index (Phi) is 7.92. The van der Waals surface area contributed by atoms with E-state index in [4.69, 9.17) is 0 Å². The molecule has 1 aliphatic carbocycles. The number of benzene rings is 1. The Morgan fingerprint density at radius 2 is 1.72 bits per heavy atom. The first kappa shape index (κ1) is 28.4. The minimum Gasteiger partial charge on any atom is -0.362 e. The van der Waals surface area contributed by atoms with Crippen LogP contribution >= 0.6 is 0 Å². The van der Waals surface area contributed by atoms with E-state index in [-0.39, 0.29) is 16.5 Å². The number of hydrogen-bond donors (Lipinski definition) is 3. The molecule has 1 fully saturated rings. The molecule has 3 N–H and O–H groups in total. The maximum absolute atomic E-state index is 13.7. The van der Waals surface area contributed by atoms with Crippen LogP contribution < -0.4 is 15.4 Å². The molecule has 2 aromatic rings. The van der Waals surface area contributed by atoms with Gasteiger partial charge in [-0.1, -0.05) is 6.07 Å². The second-order valence-corrected chi connectivity index (χ2v) is 11.9. The average Bonchev–Trinajstić information content (AvgIpc) is 2.83. The van der Waals surface area contributed by atoms with E-state index in [2.05, 4.69) is 53.6 Å². The summed E-state index contributed by atoms with van der Waals surface area (Å²) >= 11 is 0. The van der Waals surface area contributed by atoms with Crippen molar-refractivity contribution in [1.82, 2.24) is 24.5 Å². The van der Waals surface area contributed by atoms with E-state index >= 15 is 0 Å². The molecular formula is C26H30F3N7O2S. The van der Waals surface area contributed by atoms with Crippen LogP contribution in [0.3, 0.4) is 0 Å². The highest BCUT2D eigenvalue weighted by Gasteiger charge is 2.35. The van der Waals surface area contributed by atoms with Crippen LogP contribution in [0.2, 0.25) is 0 Å². The molecular weight excluding hydrogens is 531 g/mol. The van der Waals surface area contributed by atoms with Gasteiger partial charge in [0.1, 0.15) is 11.4 Å². The third-order valence-corrected chi connectivity index (χ3v) is 7.52. The lowest BCUT2D eigenvalue weighted by Gasteiger charge is -2.33. The van der Waals surface area contributed by atoms with Crippen LogP contribution in [0, 0.1) is 0 Å². The molecule has 0 unspecified atom stereocenters. The zero-order valence-electron chi connectivity index (χ0n) is 22.0. The molecule has 0 spiro atoms. The fourth-order valence-electron chi connectivity index (χ4n) is 3.89. The van der Waals surface area contributed by atoms with Crippen molar-refractivity contribution in [3.8, 4) is 0 Å². The van der Waals surface area contributed by atoms with Gasteiger partial charge in [0, 0.05) is 43.6 Å². The highest BCUT2D eigenvalue weighted by atomic mass is 32.2. The van der Waals surface area contributed by atoms with Crippen LogP contribution in [0.4, 0.5) is 30.6 Å². The summed E-state index contributed by atoms with van der Waals surface area (Å²) in [5.41, 5.74) is 5.61. The van der Waals surface area contributed by atoms with E-state index in [1.165, 1.54) is 24.3 Å². The fraction of sp³-hybridized carbons (Fsp3) is 0.385. The first-order valence-electron chi connectivity index (χ1n) is 12.2. The quantitative estimate of drug-likeness (QED) is 0.435. The molecule has 0 radical (unpaired) electrons. The molecule has 2 heterocycles. The summed E-state index contributed by atoms with van der Waals surface area (Å²) in [5.74, 6) is -0.628. The number of sulfonamides is 1. The zero-order valence-corrected chi connectivity index (χ0v) is 22.8. The lowest BCUT2D eigenvalue weighted by Crippen LogP contribution is -2.43. The minimum absolute atomic E-state index is 0.0966. The van der Waals surface area contributed by atoms with E-state index in [1.807, 2.05) is 6.08 Å². The number of allylic oxidation sites excluding steroid dienone is 2. The molecule has 1 aromatic carbocycles. The van der Waals surface area contributed by atoms with Crippen LogP contribution in [0.15, 0.2) is 70.4 Å². The van der Waals surface area contributed by atoms with Crippen molar-refractivity contribution in [3.63, 3.8) is 0 Å². The molecule has 208 valence electrons. The van der Waals surface area contributed by atoms with Gasteiger partial charge in [-0.25, -0.2) is 18.1 Å². The highest BCUT2D eigenvalue weighted by Crippen LogP contribution is 2.35. The number of likely N-dealkylation sites (N-methyl/N-ethyl adjacent to an activating group) is 1. The van der Waals surface area contributed by atoms with Gasteiger partial charge in [-0.15, -0.1) is 0 Å². The molecule has 1 aromatic heterocycles. The van der Waals surface area contributed by atoms with Crippen molar-refractivity contribution in [1.29, 1.82) is 0 Å². The van der Waals surface area contributed by atoms with E-state index in [0.29, 0.717) is 11.9 Å². The number of alkyl halides is 3. The molecule has 9 nitrogen and oxygen atoms in total. The minimum atomic E-state index is -4.75. The predicted octanol–water partition coefficient (Wildman–Crippen LogP) is 4.07. The standard InChI is InChI=1S/C26H30F3N7O2S/c1-25(2,3)34-39(37,38)21-7-5-6-19(16-21)31-23-22(26(27,28)29)17-30-24(33-23)32-18-8-10-20(11-9-18)36-14-12-35(4)13-15-36/h5-8,10,16-17,34H,12-15H2,1-4H3,(H2,30,31,32,33). The maximum atomic E-state index is 13.7. The summed E-state index contributed by atoms with van der Waals surface area (Å²) in [5, 5.41) is 5.46. The predicted molar refractivity (Wildman–Crippen MR) is 143 cm³/mol. The third-order valence-electron chi connectivity index (χ3n) is 5.77. The Morgan fingerprint density at radius 1 is 1.00 bits per heavy atom. The monoisotopic (exact) mass is 561 g/mol. The Morgan fingerprint density at radius 3 is 2.33 bits per heavy atom. The second kappa shape index (κ2) is 10.9. The van der Waals surface area contributed by atoms with E-state index in [1.54, 1.807) is 26.8 Å². The average molecular weight is 562 g/mol.